The fourth-order valence-electron chi connectivity index (χ4n) is 1.09. The van der Waals surface area contributed by atoms with Gasteiger partial charge in [-0.2, -0.15) is 13.2 Å². The van der Waals surface area contributed by atoms with E-state index in [1.165, 1.54) is 0 Å². The second-order valence-corrected chi connectivity index (χ2v) is 4.52. The Morgan fingerprint density at radius 2 is 2.12 bits per heavy atom. The van der Waals surface area contributed by atoms with Crippen molar-refractivity contribution in [2.75, 3.05) is 18.8 Å². The monoisotopic (exact) mass is 258 g/mol. The van der Waals surface area contributed by atoms with Gasteiger partial charge in [0.1, 0.15) is 0 Å². The van der Waals surface area contributed by atoms with E-state index in [1.807, 2.05) is 6.92 Å². The molecule has 1 amide bonds. The normalized spacial score (nSPS) is 13.6. The number of amides is 1. The highest BCUT2D eigenvalue weighted by molar-refractivity contribution is 8.00. The van der Waals surface area contributed by atoms with E-state index in [4.69, 9.17) is 5.73 Å². The molecular formula is C9H17F3N2OS. The minimum absolute atomic E-state index is 0.0318. The van der Waals surface area contributed by atoms with Crippen molar-refractivity contribution in [3.05, 3.63) is 0 Å². The van der Waals surface area contributed by atoms with Gasteiger partial charge in [0, 0.05) is 18.7 Å². The first-order valence-corrected chi connectivity index (χ1v) is 6.05. The lowest BCUT2D eigenvalue weighted by Crippen LogP contribution is -2.30. The van der Waals surface area contributed by atoms with Crippen molar-refractivity contribution >= 4 is 17.7 Å². The molecule has 0 bridgehead atoms. The molecule has 0 aliphatic heterocycles. The van der Waals surface area contributed by atoms with E-state index in [9.17, 15) is 18.0 Å². The van der Waals surface area contributed by atoms with Crippen LogP contribution in [0.3, 0.4) is 0 Å². The molecular weight excluding hydrogens is 241 g/mol. The standard InChI is InChI=1S/C9H17F3N2OS/c1-2-7(6-13)5-8(15)14-3-4-16-9(10,11)12/h7H,2-6,13H2,1H3,(H,14,15). The van der Waals surface area contributed by atoms with Crippen molar-refractivity contribution in [3.8, 4) is 0 Å². The smallest absolute Gasteiger partial charge is 0.355 e. The van der Waals surface area contributed by atoms with Crippen molar-refractivity contribution in [1.29, 1.82) is 0 Å². The molecule has 0 aromatic carbocycles. The number of thioether (sulfide) groups is 1. The fraction of sp³-hybridized carbons (Fsp3) is 0.889. The Balaban J connectivity index is 3.58. The van der Waals surface area contributed by atoms with Gasteiger partial charge in [0.15, 0.2) is 0 Å². The first-order chi connectivity index (χ1) is 7.39. The third-order valence-corrected chi connectivity index (χ3v) is 2.81. The Kier molecular flexibility index (Phi) is 7.57. The van der Waals surface area contributed by atoms with E-state index >= 15 is 0 Å². The van der Waals surface area contributed by atoms with Crippen molar-refractivity contribution in [2.45, 2.75) is 25.3 Å². The van der Waals surface area contributed by atoms with Crippen molar-refractivity contribution in [3.63, 3.8) is 0 Å². The highest BCUT2D eigenvalue weighted by Crippen LogP contribution is 2.29. The maximum absolute atomic E-state index is 11.7. The number of hydrogen-bond acceptors (Lipinski definition) is 3. The van der Waals surface area contributed by atoms with Crippen LogP contribution in [-0.4, -0.2) is 30.3 Å². The molecule has 0 aromatic heterocycles. The quantitative estimate of drug-likeness (QED) is 0.684. The lowest BCUT2D eigenvalue weighted by Gasteiger charge is -2.12. The predicted octanol–water partition coefficient (Wildman–Crippen LogP) is 1.73. The number of halogens is 3. The average Bonchev–Trinajstić information content (AvgIpc) is 2.19. The largest absolute Gasteiger partial charge is 0.441 e. The number of alkyl halides is 3. The van der Waals surface area contributed by atoms with Gasteiger partial charge in [-0.1, -0.05) is 13.3 Å². The van der Waals surface area contributed by atoms with Gasteiger partial charge in [0.2, 0.25) is 5.91 Å². The van der Waals surface area contributed by atoms with Crippen LogP contribution in [0.1, 0.15) is 19.8 Å². The van der Waals surface area contributed by atoms with Crippen LogP contribution in [0, 0.1) is 5.92 Å². The molecule has 0 saturated heterocycles. The fourth-order valence-corrected chi connectivity index (χ4v) is 1.52. The highest BCUT2D eigenvalue weighted by atomic mass is 32.2. The Morgan fingerprint density at radius 1 is 1.50 bits per heavy atom. The van der Waals surface area contributed by atoms with Gasteiger partial charge in [0.05, 0.1) is 0 Å². The molecule has 3 nitrogen and oxygen atoms in total. The van der Waals surface area contributed by atoms with Gasteiger partial charge in [-0.15, -0.1) is 0 Å². The minimum atomic E-state index is -4.23. The van der Waals surface area contributed by atoms with E-state index in [-0.39, 0.29) is 42.3 Å². The summed E-state index contributed by atoms with van der Waals surface area (Å²) < 4.78 is 35.2. The molecule has 0 aliphatic rings. The van der Waals surface area contributed by atoms with E-state index in [0.29, 0.717) is 6.54 Å². The Morgan fingerprint density at radius 3 is 2.56 bits per heavy atom. The summed E-state index contributed by atoms with van der Waals surface area (Å²) in [6.45, 7) is 2.37. The highest BCUT2D eigenvalue weighted by Gasteiger charge is 2.27. The maximum Gasteiger partial charge on any atom is 0.441 e. The zero-order valence-electron chi connectivity index (χ0n) is 9.14. The third kappa shape index (κ3) is 8.84. The molecule has 0 spiro atoms. The molecule has 1 unspecified atom stereocenters. The average molecular weight is 258 g/mol. The van der Waals surface area contributed by atoms with Crippen LogP contribution >= 0.6 is 11.8 Å². The van der Waals surface area contributed by atoms with Gasteiger partial charge < -0.3 is 11.1 Å². The third-order valence-electron chi connectivity index (χ3n) is 2.07. The second-order valence-electron chi connectivity index (χ2n) is 3.36. The molecule has 7 heteroatoms. The Labute approximate surface area is 97.3 Å². The molecule has 0 aromatic rings. The number of carbonyl (C=O) groups excluding carboxylic acids is 1. The van der Waals surface area contributed by atoms with Crippen LogP contribution in [-0.2, 0) is 4.79 Å². The van der Waals surface area contributed by atoms with Crippen LogP contribution in [0.25, 0.3) is 0 Å². The summed E-state index contributed by atoms with van der Waals surface area (Å²) in [6.07, 6.45) is 1.07. The zero-order valence-corrected chi connectivity index (χ0v) is 9.96. The Hall–Kier alpha value is -0.430. The van der Waals surface area contributed by atoms with E-state index in [0.717, 1.165) is 6.42 Å². The number of carbonyl (C=O) groups is 1. The lowest BCUT2D eigenvalue weighted by molar-refractivity contribution is -0.121. The number of nitrogens with two attached hydrogens (primary N) is 1. The summed E-state index contributed by atoms with van der Waals surface area (Å²) in [5.41, 5.74) is 1.18. The minimum Gasteiger partial charge on any atom is -0.355 e. The van der Waals surface area contributed by atoms with Crippen LogP contribution in [0.2, 0.25) is 0 Å². The molecule has 0 rings (SSSR count). The lowest BCUT2D eigenvalue weighted by atomic mass is 10.0. The van der Waals surface area contributed by atoms with Crippen molar-refractivity contribution in [1.82, 2.24) is 5.32 Å². The summed E-state index contributed by atoms with van der Waals surface area (Å²) in [5.74, 6) is -0.287. The molecule has 0 heterocycles. The van der Waals surface area contributed by atoms with Gasteiger partial charge in [-0.05, 0) is 24.2 Å². The first-order valence-electron chi connectivity index (χ1n) is 5.06. The Bertz CT molecular complexity index is 207. The van der Waals surface area contributed by atoms with Gasteiger partial charge in [-0.3, -0.25) is 4.79 Å². The van der Waals surface area contributed by atoms with Crippen molar-refractivity contribution < 1.29 is 18.0 Å². The first kappa shape index (κ1) is 15.6. The summed E-state index contributed by atoms with van der Waals surface area (Å²) in [7, 11) is 0. The number of hydrogen-bond donors (Lipinski definition) is 2. The number of rotatable bonds is 7. The molecule has 3 N–H and O–H groups in total. The van der Waals surface area contributed by atoms with E-state index in [1.54, 1.807) is 0 Å². The predicted molar refractivity (Wildman–Crippen MR) is 59.0 cm³/mol. The molecule has 1 atom stereocenters. The second kappa shape index (κ2) is 7.78. The number of nitrogens with one attached hydrogen (secondary N) is 1. The van der Waals surface area contributed by atoms with E-state index < -0.39 is 5.51 Å². The van der Waals surface area contributed by atoms with Gasteiger partial charge >= 0.3 is 5.51 Å². The van der Waals surface area contributed by atoms with Crippen molar-refractivity contribution in [2.24, 2.45) is 11.7 Å². The maximum atomic E-state index is 11.7. The summed E-state index contributed by atoms with van der Waals surface area (Å²) >= 11 is -0.133. The molecule has 0 radical (unpaired) electrons. The van der Waals surface area contributed by atoms with Crippen LogP contribution in [0.4, 0.5) is 13.2 Å². The molecule has 16 heavy (non-hydrogen) atoms. The summed E-state index contributed by atoms with van der Waals surface area (Å²) in [4.78, 5) is 11.2. The molecule has 96 valence electrons. The van der Waals surface area contributed by atoms with Gasteiger partial charge in [-0.25, -0.2) is 0 Å². The molecule has 0 aliphatic carbocycles. The zero-order chi connectivity index (χ0) is 12.6. The van der Waals surface area contributed by atoms with Gasteiger partial charge in [0.25, 0.3) is 0 Å². The topological polar surface area (TPSA) is 55.1 Å². The molecule has 0 fully saturated rings. The van der Waals surface area contributed by atoms with E-state index in [2.05, 4.69) is 5.32 Å². The van der Waals surface area contributed by atoms with Crippen LogP contribution in [0.5, 0.6) is 0 Å². The summed E-state index contributed by atoms with van der Waals surface area (Å²) in [6, 6.07) is 0. The SMILES string of the molecule is CCC(CN)CC(=O)NCCSC(F)(F)F. The molecule has 0 saturated carbocycles. The van der Waals surface area contributed by atoms with Crippen LogP contribution in [0.15, 0.2) is 0 Å². The summed E-state index contributed by atoms with van der Waals surface area (Å²) in [5, 5.41) is 2.44. The van der Waals surface area contributed by atoms with Crippen LogP contribution < -0.4 is 11.1 Å².